The van der Waals surface area contributed by atoms with Crippen molar-refractivity contribution in [3.63, 3.8) is 0 Å². The molecule has 14 heavy (non-hydrogen) atoms. The Bertz CT molecular complexity index is 437. The van der Waals surface area contributed by atoms with Crippen LogP contribution in [0, 0.1) is 5.82 Å². The smallest absolute Gasteiger partial charge is 0.305 e. The van der Waals surface area contributed by atoms with E-state index in [4.69, 9.17) is 0 Å². The fraction of sp³-hybridized carbons (Fsp3) is 0.111. The largest absolute Gasteiger partial charge is 0.391 e. The van der Waals surface area contributed by atoms with Crippen LogP contribution in [0.2, 0.25) is 0 Å². The standard InChI is InChI=1S/C9H9FO3S/c1-14(11,12)13-6-5-8-3-2-4-9(10)7-8/h2-7H,1H3/b6-5-. The molecule has 0 unspecified atom stereocenters. The molecule has 0 amide bonds. The summed E-state index contributed by atoms with van der Waals surface area (Å²) < 4.78 is 38.1. The molecule has 0 atom stereocenters. The van der Waals surface area contributed by atoms with Crippen LogP contribution in [0.25, 0.3) is 6.08 Å². The summed E-state index contributed by atoms with van der Waals surface area (Å²) in [6.45, 7) is 0. The molecule has 0 saturated carbocycles. The fourth-order valence-corrected chi connectivity index (χ4v) is 1.07. The lowest BCUT2D eigenvalue weighted by molar-refractivity contribution is 0.452. The molecule has 1 aromatic rings. The summed E-state index contributed by atoms with van der Waals surface area (Å²) in [5.74, 6) is -0.383. The highest BCUT2D eigenvalue weighted by atomic mass is 32.2. The molecule has 0 N–H and O–H groups in total. The highest BCUT2D eigenvalue weighted by Crippen LogP contribution is 2.05. The molecule has 5 heteroatoms. The van der Waals surface area contributed by atoms with Gasteiger partial charge in [-0.3, -0.25) is 0 Å². The van der Waals surface area contributed by atoms with Gasteiger partial charge < -0.3 is 4.18 Å². The van der Waals surface area contributed by atoms with Gasteiger partial charge >= 0.3 is 10.1 Å². The lowest BCUT2D eigenvalue weighted by Crippen LogP contribution is -1.95. The van der Waals surface area contributed by atoms with E-state index >= 15 is 0 Å². The first-order valence-electron chi connectivity index (χ1n) is 3.78. The van der Waals surface area contributed by atoms with Crippen LogP contribution in [-0.2, 0) is 14.3 Å². The van der Waals surface area contributed by atoms with E-state index in [1.54, 1.807) is 6.07 Å². The van der Waals surface area contributed by atoms with Gasteiger partial charge in [-0.25, -0.2) is 4.39 Å². The maximum absolute atomic E-state index is 12.6. The predicted molar refractivity (Wildman–Crippen MR) is 51.4 cm³/mol. The molecule has 0 saturated heterocycles. The van der Waals surface area contributed by atoms with E-state index in [0.29, 0.717) is 5.56 Å². The SMILES string of the molecule is CS(=O)(=O)O/C=C\c1cccc(F)c1. The molecule has 0 heterocycles. The van der Waals surface area contributed by atoms with Crippen LogP contribution in [0.4, 0.5) is 4.39 Å². The van der Waals surface area contributed by atoms with Crippen LogP contribution in [0.3, 0.4) is 0 Å². The summed E-state index contributed by atoms with van der Waals surface area (Å²) in [6, 6.07) is 5.72. The minimum absolute atomic E-state index is 0.383. The minimum atomic E-state index is -3.48. The van der Waals surface area contributed by atoms with Crippen molar-refractivity contribution < 1.29 is 17.0 Å². The summed E-state index contributed by atoms with van der Waals surface area (Å²) in [5, 5.41) is 0. The van der Waals surface area contributed by atoms with Gasteiger partial charge in [0.25, 0.3) is 0 Å². The van der Waals surface area contributed by atoms with E-state index in [2.05, 4.69) is 4.18 Å². The minimum Gasteiger partial charge on any atom is -0.391 e. The summed E-state index contributed by atoms with van der Waals surface area (Å²) in [7, 11) is -3.48. The van der Waals surface area contributed by atoms with Crippen LogP contribution in [-0.4, -0.2) is 14.7 Å². The molecule has 76 valence electrons. The van der Waals surface area contributed by atoms with Crippen molar-refractivity contribution in [2.45, 2.75) is 0 Å². The molecular weight excluding hydrogens is 207 g/mol. The Morgan fingerprint density at radius 3 is 2.71 bits per heavy atom. The average Bonchev–Trinajstić information content (AvgIpc) is 2.01. The highest BCUT2D eigenvalue weighted by molar-refractivity contribution is 7.86. The van der Waals surface area contributed by atoms with Crippen LogP contribution in [0.5, 0.6) is 0 Å². The number of benzene rings is 1. The molecule has 0 aliphatic heterocycles. The predicted octanol–water partition coefficient (Wildman–Crippen LogP) is 1.77. The van der Waals surface area contributed by atoms with E-state index in [0.717, 1.165) is 12.5 Å². The molecule has 0 fully saturated rings. The number of rotatable bonds is 3. The van der Waals surface area contributed by atoms with Gasteiger partial charge in [-0.1, -0.05) is 12.1 Å². The second-order valence-corrected chi connectivity index (χ2v) is 4.26. The van der Waals surface area contributed by atoms with E-state index in [1.807, 2.05) is 0 Å². The Morgan fingerprint density at radius 1 is 1.43 bits per heavy atom. The number of hydrogen-bond acceptors (Lipinski definition) is 3. The first kappa shape index (κ1) is 10.7. The normalized spacial score (nSPS) is 11.9. The van der Waals surface area contributed by atoms with Crippen molar-refractivity contribution in [1.29, 1.82) is 0 Å². The summed E-state index contributed by atoms with van der Waals surface area (Å²) in [4.78, 5) is 0. The summed E-state index contributed by atoms with van der Waals surface area (Å²) in [6.07, 6.45) is 3.30. The number of halogens is 1. The molecule has 1 aromatic carbocycles. The van der Waals surface area contributed by atoms with E-state index in [-0.39, 0.29) is 5.82 Å². The average molecular weight is 216 g/mol. The molecule has 3 nitrogen and oxygen atoms in total. The van der Waals surface area contributed by atoms with Gasteiger partial charge in [0, 0.05) is 0 Å². The van der Waals surface area contributed by atoms with Crippen molar-refractivity contribution in [3.8, 4) is 0 Å². The Morgan fingerprint density at radius 2 is 2.14 bits per heavy atom. The Labute approximate surface area is 82.0 Å². The summed E-state index contributed by atoms with van der Waals surface area (Å²) in [5.41, 5.74) is 0.536. The lowest BCUT2D eigenvalue weighted by Gasteiger charge is -1.95. The van der Waals surface area contributed by atoms with Gasteiger partial charge in [-0.05, 0) is 23.8 Å². The molecular formula is C9H9FO3S. The van der Waals surface area contributed by atoms with Crippen LogP contribution in [0.1, 0.15) is 5.56 Å². The van der Waals surface area contributed by atoms with Gasteiger partial charge in [0.05, 0.1) is 6.26 Å². The van der Waals surface area contributed by atoms with Gasteiger partial charge in [0.15, 0.2) is 0 Å². The lowest BCUT2D eigenvalue weighted by atomic mass is 10.2. The third kappa shape index (κ3) is 4.04. The van der Waals surface area contributed by atoms with Crippen molar-refractivity contribution in [1.82, 2.24) is 0 Å². The van der Waals surface area contributed by atoms with Gasteiger partial charge in [0.1, 0.15) is 12.1 Å². The van der Waals surface area contributed by atoms with Crippen molar-refractivity contribution >= 4 is 16.2 Å². The molecule has 0 aromatic heterocycles. The topological polar surface area (TPSA) is 43.4 Å². The quantitative estimate of drug-likeness (QED) is 0.571. The van der Waals surface area contributed by atoms with Gasteiger partial charge in [0.2, 0.25) is 0 Å². The first-order chi connectivity index (χ1) is 6.47. The zero-order valence-electron chi connectivity index (χ0n) is 7.48. The second-order valence-electron chi connectivity index (χ2n) is 2.66. The molecule has 0 aliphatic carbocycles. The Balaban J connectivity index is 2.70. The van der Waals surface area contributed by atoms with Gasteiger partial charge in [-0.2, -0.15) is 8.42 Å². The Kier molecular flexibility index (Phi) is 3.24. The maximum atomic E-state index is 12.6. The molecule has 0 aliphatic rings. The zero-order chi connectivity index (χ0) is 10.6. The maximum Gasteiger partial charge on any atom is 0.305 e. The molecule has 0 spiro atoms. The van der Waals surface area contributed by atoms with Crippen molar-refractivity contribution in [2.75, 3.05) is 6.26 Å². The third-order valence-corrected chi connectivity index (χ3v) is 1.80. The Hall–Kier alpha value is -1.36. The highest BCUT2D eigenvalue weighted by Gasteiger charge is 1.96. The molecule has 0 radical (unpaired) electrons. The van der Waals surface area contributed by atoms with E-state index < -0.39 is 10.1 Å². The van der Waals surface area contributed by atoms with Crippen LogP contribution < -0.4 is 0 Å². The third-order valence-electron chi connectivity index (χ3n) is 1.34. The van der Waals surface area contributed by atoms with Crippen molar-refractivity contribution in [2.24, 2.45) is 0 Å². The van der Waals surface area contributed by atoms with Gasteiger partial charge in [-0.15, -0.1) is 0 Å². The van der Waals surface area contributed by atoms with Crippen molar-refractivity contribution in [3.05, 3.63) is 41.9 Å². The first-order valence-corrected chi connectivity index (χ1v) is 5.59. The van der Waals surface area contributed by atoms with E-state index in [1.165, 1.54) is 24.3 Å². The summed E-state index contributed by atoms with van der Waals surface area (Å²) >= 11 is 0. The second kappa shape index (κ2) is 4.23. The monoisotopic (exact) mass is 216 g/mol. The van der Waals surface area contributed by atoms with E-state index in [9.17, 15) is 12.8 Å². The van der Waals surface area contributed by atoms with Crippen LogP contribution >= 0.6 is 0 Å². The molecule has 0 bridgehead atoms. The fourth-order valence-electron chi connectivity index (χ4n) is 0.818. The number of hydrogen-bond donors (Lipinski definition) is 0. The van der Waals surface area contributed by atoms with Crippen LogP contribution in [0.15, 0.2) is 30.5 Å². The molecule has 1 rings (SSSR count). The zero-order valence-corrected chi connectivity index (χ0v) is 8.29.